The molecule has 7 nitrogen and oxygen atoms in total. The van der Waals surface area contributed by atoms with Crippen molar-refractivity contribution in [3.05, 3.63) is 17.8 Å². The molecular weight excluding hydrogens is 248 g/mol. The second-order valence-corrected chi connectivity index (χ2v) is 4.40. The highest BCUT2D eigenvalue weighted by Crippen LogP contribution is 2.29. The Balaban J connectivity index is 2.40. The van der Waals surface area contributed by atoms with Gasteiger partial charge < -0.3 is 21.1 Å². The lowest BCUT2D eigenvalue weighted by Crippen LogP contribution is -2.42. The van der Waals surface area contributed by atoms with Crippen LogP contribution < -0.4 is 16.0 Å². The first-order chi connectivity index (χ1) is 9.04. The van der Waals surface area contributed by atoms with Crippen LogP contribution in [0.1, 0.15) is 23.2 Å². The zero-order valence-corrected chi connectivity index (χ0v) is 10.6. The third-order valence-corrected chi connectivity index (χ3v) is 3.25. The van der Waals surface area contributed by atoms with E-state index in [9.17, 15) is 14.7 Å². The molecule has 1 aromatic heterocycles. The molecule has 1 aliphatic heterocycles. The molecule has 1 aromatic rings. The van der Waals surface area contributed by atoms with E-state index in [0.29, 0.717) is 18.7 Å². The SMILES string of the molecule is CNC(=O)C1CCCN1c1cnc(N)cc1C(=O)O. The molecule has 1 saturated heterocycles. The highest BCUT2D eigenvalue weighted by Gasteiger charge is 2.32. The summed E-state index contributed by atoms with van der Waals surface area (Å²) in [6, 6.07) is 0.963. The summed E-state index contributed by atoms with van der Waals surface area (Å²) in [5.41, 5.74) is 6.02. The number of amides is 1. The van der Waals surface area contributed by atoms with Gasteiger partial charge in [-0.3, -0.25) is 4.79 Å². The molecule has 0 radical (unpaired) electrons. The second kappa shape index (κ2) is 5.13. The lowest BCUT2D eigenvalue weighted by molar-refractivity contribution is -0.121. The van der Waals surface area contributed by atoms with Crippen LogP contribution >= 0.6 is 0 Å². The molecular formula is C12H16N4O3. The lowest BCUT2D eigenvalue weighted by Gasteiger charge is -2.26. The van der Waals surface area contributed by atoms with Gasteiger partial charge in [0, 0.05) is 13.6 Å². The Labute approximate surface area is 110 Å². The fraction of sp³-hybridized carbons (Fsp3) is 0.417. The van der Waals surface area contributed by atoms with Crippen LogP contribution in [0.4, 0.5) is 11.5 Å². The summed E-state index contributed by atoms with van der Waals surface area (Å²) in [6.07, 6.45) is 2.95. The Morgan fingerprint density at radius 2 is 2.32 bits per heavy atom. The third kappa shape index (κ3) is 2.44. The highest BCUT2D eigenvalue weighted by atomic mass is 16.4. The number of carbonyl (C=O) groups excluding carboxylic acids is 1. The molecule has 1 fully saturated rings. The summed E-state index contributed by atoms with van der Waals surface area (Å²) in [4.78, 5) is 28.8. The Kier molecular flexibility index (Phi) is 3.55. The first-order valence-corrected chi connectivity index (χ1v) is 6.01. The number of anilines is 2. The van der Waals surface area contributed by atoms with Gasteiger partial charge in [0.25, 0.3) is 0 Å². The van der Waals surface area contributed by atoms with Gasteiger partial charge in [0.15, 0.2) is 0 Å². The quantitative estimate of drug-likeness (QED) is 0.713. The molecule has 0 spiro atoms. The van der Waals surface area contributed by atoms with E-state index in [2.05, 4.69) is 10.3 Å². The molecule has 0 aliphatic carbocycles. The molecule has 4 N–H and O–H groups in total. The van der Waals surface area contributed by atoms with Crippen LogP contribution in [0.15, 0.2) is 12.3 Å². The first-order valence-electron chi connectivity index (χ1n) is 6.01. The third-order valence-electron chi connectivity index (χ3n) is 3.25. The average molecular weight is 264 g/mol. The van der Waals surface area contributed by atoms with E-state index in [4.69, 9.17) is 5.73 Å². The number of hydrogen-bond acceptors (Lipinski definition) is 5. The molecule has 102 valence electrons. The van der Waals surface area contributed by atoms with Gasteiger partial charge in [-0.05, 0) is 18.9 Å². The van der Waals surface area contributed by atoms with Crippen molar-refractivity contribution in [1.29, 1.82) is 0 Å². The van der Waals surface area contributed by atoms with Crippen LogP contribution in [-0.4, -0.2) is 41.6 Å². The molecule has 0 bridgehead atoms. The maximum absolute atomic E-state index is 11.8. The predicted octanol–water partition coefficient (Wildman–Crippen LogP) is 0.0768. The summed E-state index contributed by atoms with van der Waals surface area (Å²) < 4.78 is 0. The summed E-state index contributed by atoms with van der Waals surface area (Å²) in [6.45, 7) is 0.629. The number of nitrogens with zero attached hydrogens (tertiary/aromatic N) is 2. The largest absolute Gasteiger partial charge is 0.478 e. The van der Waals surface area contributed by atoms with Crippen LogP contribution in [0.25, 0.3) is 0 Å². The molecule has 1 unspecified atom stereocenters. The number of aromatic carboxylic acids is 1. The number of nitrogens with one attached hydrogen (secondary N) is 1. The van der Waals surface area contributed by atoms with Gasteiger partial charge in [0.05, 0.1) is 17.4 Å². The Morgan fingerprint density at radius 3 is 2.95 bits per heavy atom. The smallest absolute Gasteiger partial charge is 0.338 e. The van der Waals surface area contributed by atoms with Crippen molar-refractivity contribution in [1.82, 2.24) is 10.3 Å². The van der Waals surface area contributed by atoms with Crippen molar-refractivity contribution in [3.63, 3.8) is 0 Å². The molecule has 2 rings (SSSR count). The molecule has 1 aliphatic rings. The zero-order valence-electron chi connectivity index (χ0n) is 10.6. The van der Waals surface area contributed by atoms with Gasteiger partial charge in [-0.2, -0.15) is 0 Å². The van der Waals surface area contributed by atoms with Gasteiger partial charge in [-0.1, -0.05) is 0 Å². The maximum atomic E-state index is 11.8. The number of nitrogen functional groups attached to an aromatic ring is 1. The monoisotopic (exact) mass is 264 g/mol. The number of hydrogen-bond donors (Lipinski definition) is 3. The van der Waals surface area contributed by atoms with Crippen molar-refractivity contribution >= 4 is 23.4 Å². The fourth-order valence-corrected chi connectivity index (χ4v) is 2.36. The van der Waals surface area contributed by atoms with E-state index >= 15 is 0 Å². The molecule has 1 amide bonds. The van der Waals surface area contributed by atoms with E-state index in [0.717, 1.165) is 6.42 Å². The Hall–Kier alpha value is -2.31. The van der Waals surface area contributed by atoms with Crippen molar-refractivity contribution < 1.29 is 14.7 Å². The van der Waals surface area contributed by atoms with Gasteiger partial charge in [0.1, 0.15) is 11.9 Å². The topological polar surface area (TPSA) is 109 Å². The first kappa shape index (κ1) is 13.1. The van der Waals surface area contributed by atoms with Crippen LogP contribution in [0.2, 0.25) is 0 Å². The van der Waals surface area contributed by atoms with Gasteiger partial charge >= 0.3 is 5.97 Å². The Bertz CT molecular complexity index is 518. The highest BCUT2D eigenvalue weighted by molar-refractivity contribution is 5.96. The molecule has 1 atom stereocenters. The number of carbonyl (C=O) groups is 2. The maximum Gasteiger partial charge on any atom is 0.338 e. The van der Waals surface area contributed by atoms with E-state index in [-0.39, 0.29) is 23.3 Å². The fourth-order valence-electron chi connectivity index (χ4n) is 2.36. The molecule has 7 heteroatoms. The zero-order chi connectivity index (χ0) is 14.0. The normalized spacial score (nSPS) is 18.4. The van der Waals surface area contributed by atoms with Crippen molar-refractivity contribution in [2.75, 3.05) is 24.2 Å². The van der Waals surface area contributed by atoms with Crippen LogP contribution in [-0.2, 0) is 4.79 Å². The number of carboxylic acids is 1. The summed E-state index contributed by atoms with van der Waals surface area (Å²) in [5.74, 6) is -1.05. The van der Waals surface area contributed by atoms with E-state index < -0.39 is 5.97 Å². The van der Waals surface area contributed by atoms with Crippen molar-refractivity contribution in [2.24, 2.45) is 0 Å². The standard InChI is InChI=1S/C12H16N4O3/c1-14-11(17)8-3-2-4-16(8)9-6-15-10(13)5-7(9)12(18)19/h5-6,8H,2-4H2,1H3,(H2,13,15)(H,14,17)(H,18,19). The predicted molar refractivity (Wildman–Crippen MR) is 70.0 cm³/mol. The van der Waals surface area contributed by atoms with Crippen molar-refractivity contribution in [3.8, 4) is 0 Å². The number of nitrogens with two attached hydrogens (primary N) is 1. The Morgan fingerprint density at radius 1 is 1.58 bits per heavy atom. The average Bonchev–Trinajstić information content (AvgIpc) is 2.86. The van der Waals surface area contributed by atoms with E-state index in [1.807, 2.05) is 0 Å². The number of pyridine rings is 1. The summed E-state index contributed by atoms with van der Waals surface area (Å²) >= 11 is 0. The molecule has 0 aromatic carbocycles. The molecule has 19 heavy (non-hydrogen) atoms. The number of carboxylic acid groups (broad SMARTS) is 1. The van der Waals surface area contributed by atoms with Crippen LogP contribution in [0.5, 0.6) is 0 Å². The van der Waals surface area contributed by atoms with Gasteiger partial charge in [0.2, 0.25) is 5.91 Å². The minimum Gasteiger partial charge on any atom is -0.478 e. The minimum atomic E-state index is -1.08. The minimum absolute atomic E-state index is 0.0725. The van der Waals surface area contributed by atoms with E-state index in [1.165, 1.54) is 12.3 Å². The van der Waals surface area contributed by atoms with Crippen molar-refractivity contribution in [2.45, 2.75) is 18.9 Å². The number of likely N-dealkylation sites (N-methyl/N-ethyl adjacent to an activating group) is 1. The second-order valence-electron chi connectivity index (χ2n) is 4.40. The van der Waals surface area contributed by atoms with E-state index in [1.54, 1.807) is 11.9 Å². The van der Waals surface area contributed by atoms with Crippen LogP contribution in [0.3, 0.4) is 0 Å². The number of rotatable bonds is 3. The van der Waals surface area contributed by atoms with Gasteiger partial charge in [-0.25, -0.2) is 9.78 Å². The summed E-state index contributed by atoms with van der Waals surface area (Å²) in [5, 5.41) is 11.8. The summed E-state index contributed by atoms with van der Waals surface area (Å²) in [7, 11) is 1.57. The molecule has 0 saturated carbocycles. The van der Waals surface area contributed by atoms with Crippen LogP contribution in [0, 0.1) is 0 Å². The van der Waals surface area contributed by atoms with Gasteiger partial charge in [-0.15, -0.1) is 0 Å². The lowest BCUT2D eigenvalue weighted by atomic mass is 10.1. The molecule has 2 heterocycles. The number of aromatic nitrogens is 1.